The third-order valence-electron chi connectivity index (χ3n) is 2.63. The lowest BCUT2D eigenvalue weighted by Gasteiger charge is -2.19. The molecule has 0 bridgehead atoms. The summed E-state index contributed by atoms with van der Waals surface area (Å²) < 4.78 is 0. The maximum atomic E-state index is 11.1. The van der Waals surface area contributed by atoms with E-state index in [-0.39, 0.29) is 0 Å². The second-order valence-corrected chi connectivity index (χ2v) is 3.38. The van der Waals surface area contributed by atoms with Gasteiger partial charge < -0.3 is 10.8 Å². The van der Waals surface area contributed by atoms with Gasteiger partial charge in [-0.25, -0.2) is 0 Å². The Bertz CT molecular complexity index is 362. The predicted octanol–water partition coefficient (Wildman–Crippen LogP) is 0.306. The lowest BCUT2D eigenvalue weighted by molar-refractivity contribution is -0.137. The molecular weight excluding hydrogens is 166 g/mol. The van der Waals surface area contributed by atoms with Gasteiger partial charge in [0.15, 0.2) is 5.60 Å². The molecule has 3 nitrogen and oxygen atoms in total. The highest BCUT2D eigenvalue weighted by Crippen LogP contribution is 2.36. The molecular formula is C10H11NO2. The molecule has 1 unspecified atom stereocenters. The molecule has 0 heterocycles. The molecule has 1 aliphatic carbocycles. The summed E-state index contributed by atoms with van der Waals surface area (Å²) in [7, 11) is 0. The van der Waals surface area contributed by atoms with Crippen molar-refractivity contribution in [3.8, 4) is 0 Å². The Kier molecular flexibility index (Phi) is 1.63. The van der Waals surface area contributed by atoms with Gasteiger partial charge in [-0.3, -0.25) is 4.79 Å². The van der Waals surface area contributed by atoms with E-state index in [1.54, 1.807) is 12.1 Å². The van der Waals surface area contributed by atoms with Crippen LogP contribution in [0.25, 0.3) is 0 Å². The first-order valence-electron chi connectivity index (χ1n) is 4.25. The summed E-state index contributed by atoms with van der Waals surface area (Å²) in [5, 5.41) is 9.95. The van der Waals surface area contributed by atoms with Crippen LogP contribution in [0.4, 0.5) is 0 Å². The fourth-order valence-electron chi connectivity index (χ4n) is 1.85. The Morgan fingerprint density at radius 2 is 2.15 bits per heavy atom. The highest BCUT2D eigenvalue weighted by atomic mass is 16.3. The SMILES string of the molecule is NC(=O)C1(O)CCc2ccccc21. The zero-order chi connectivity index (χ0) is 9.47. The number of carbonyl (C=O) groups is 1. The van der Waals surface area contributed by atoms with Crippen LogP contribution in [-0.4, -0.2) is 11.0 Å². The summed E-state index contributed by atoms with van der Waals surface area (Å²) >= 11 is 0. The molecule has 13 heavy (non-hydrogen) atoms. The number of aliphatic hydroxyl groups is 1. The molecule has 0 radical (unpaired) electrons. The Morgan fingerprint density at radius 1 is 1.46 bits per heavy atom. The van der Waals surface area contributed by atoms with E-state index in [4.69, 9.17) is 5.73 Å². The number of rotatable bonds is 1. The van der Waals surface area contributed by atoms with Gasteiger partial charge in [0.05, 0.1) is 0 Å². The quantitative estimate of drug-likeness (QED) is 0.648. The van der Waals surface area contributed by atoms with Crippen LogP contribution in [0, 0.1) is 0 Å². The molecule has 0 spiro atoms. The smallest absolute Gasteiger partial charge is 0.254 e. The molecule has 0 saturated heterocycles. The molecule has 3 heteroatoms. The van der Waals surface area contributed by atoms with Gasteiger partial charge in [-0.05, 0) is 24.0 Å². The molecule has 2 rings (SSSR count). The summed E-state index contributed by atoms with van der Waals surface area (Å²) in [6.45, 7) is 0. The second kappa shape index (κ2) is 2.57. The number of carbonyl (C=O) groups excluding carboxylic acids is 1. The number of hydrogen-bond acceptors (Lipinski definition) is 2. The van der Waals surface area contributed by atoms with Crippen LogP contribution in [0.2, 0.25) is 0 Å². The van der Waals surface area contributed by atoms with Crippen molar-refractivity contribution < 1.29 is 9.90 Å². The fourth-order valence-corrected chi connectivity index (χ4v) is 1.85. The number of primary amides is 1. The summed E-state index contributed by atoms with van der Waals surface area (Å²) in [5.74, 6) is -0.655. The minimum atomic E-state index is -1.43. The van der Waals surface area contributed by atoms with Gasteiger partial charge in [0.2, 0.25) is 0 Å². The van der Waals surface area contributed by atoms with E-state index in [9.17, 15) is 9.90 Å². The maximum Gasteiger partial charge on any atom is 0.254 e. The molecule has 1 atom stereocenters. The highest BCUT2D eigenvalue weighted by Gasteiger charge is 2.41. The molecule has 3 N–H and O–H groups in total. The second-order valence-electron chi connectivity index (χ2n) is 3.38. The molecule has 1 amide bonds. The largest absolute Gasteiger partial charge is 0.375 e. The van der Waals surface area contributed by atoms with Gasteiger partial charge in [0, 0.05) is 0 Å². The van der Waals surface area contributed by atoms with E-state index in [1.165, 1.54) is 0 Å². The van der Waals surface area contributed by atoms with Crippen LogP contribution in [0.5, 0.6) is 0 Å². The first kappa shape index (κ1) is 8.26. The third-order valence-corrected chi connectivity index (χ3v) is 2.63. The Morgan fingerprint density at radius 3 is 2.85 bits per heavy atom. The van der Waals surface area contributed by atoms with Crippen molar-refractivity contribution in [1.82, 2.24) is 0 Å². The van der Waals surface area contributed by atoms with Gasteiger partial charge >= 0.3 is 0 Å². The molecule has 0 fully saturated rings. The van der Waals surface area contributed by atoms with Crippen LogP contribution in [-0.2, 0) is 16.8 Å². The van der Waals surface area contributed by atoms with Crippen molar-refractivity contribution in [3.63, 3.8) is 0 Å². The number of benzene rings is 1. The van der Waals surface area contributed by atoms with E-state index in [0.717, 1.165) is 12.0 Å². The first-order valence-corrected chi connectivity index (χ1v) is 4.25. The number of hydrogen-bond donors (Lipinski definition) is 2. The van der Waals surface area contributed by atoms with Gasteiger partial charge in [0.1, 0.15) is 0 Å². The van der Waals surface area contributed by atoms with Crippen LogP contribution < -0.4 is 5.73 Å². The summed E-state index contributed by atoms with van der Waals surface area (Å²) in [4.78, 5) is 11.1. The Labute approximate surface area is 76.2 Å². The Hall–Kier alpha value is -1.35. The number of aryl methyl sites for hydroxylation is 1. The molecule has 0 aromatic heterocycles. The summed E-state index contributed by atoms with van der Waals surface area (Å²) in [6, 6.07) is 7.37. The normalized spacial score (nSPS) is 25.6. The van der Waals surface area contributed by atoms with E-state index in [2.05, 4.69) is 0 Å². The lowest BCUT2D eigenvalue weighted by atomic mass is 9.95. The third kappa shape index (κ3) is 1.04. The fraction of sp³-hybridized carbons (Fsp3) is 0.300. The van der Waals surface area contributed by atoms with E-state index >= 15 is 0 Å². The van der Waals surface area contributed by atoms with Crippen LogP contribution in [0.15, 0.2) is 24.3 Å². The van der Waals surface area contributed by atoms with Gasteiger partial charge in [-0.15, -0.1) is 0 Å². The predicted molar refractivity (Wildman–Crippen MR) is 47.9 cm³/mol. The monoisotopic (exact) mass is 177 g/mol. The van der Waals surface area contributed by atoms with Crippen molar-refractivity contribution in [1.29, 1.82) is 0 Å². The molecule has 0 aliphatic heterocycles. The van der Waals surface area contributed by atoms with Gasteiger partial charge in [0.25, 0.3) is 5.91 Å². The number of fused-ring (bicyclic) bond motifs is 1. The molecule has 0 saturated carbocycles. The topological polar surface area (TPSA) is 63.3 Å². The van der Waals surface area contributed by atoms with E-state index < -0.39 is 11.5 Å². The van der Waals surface area contributed by atoms with Crippen LogP contribution in [0.3, 0.4) is 0 Å². The number of amides is 1. The highest BCUT2D eigenvalue weighted by molar-refractivity contribution is 5.86. The average Bonchev–Trinajstić information content (AvgIpc) is 2.47. The molecule has 1 aromatic carbocycles. The zero-order valence-corrected chi connectivity index (χ0v) is 7.16. The molecule has 1 aliphatic rings. The zero-order valence-electron chi connectivity index (χ0n) is 7.16. The standard InChI is InChI=1S/C10H11NO2/c11-9(12)10(13)6-5-7-3-1-2-4-8(7)10/h1-4,13H,5-6H2,(H2,11,12). The number of nitrogens with two attached hydrogens (primary N) is 1. The van der Waals surface area contributed by atoms with Gasteiger partial charge in [-0.2, -0.15) is 0 Å². The molecule has 1 aromatic rings. The molecule has 68 valence electrons. The van der Waals surface area contributed by atoms with Crippen LogP contribution in [0.1, 0.15) is 17.5 Å². The van der Waals surface area contributed by atoms with Crippen molar-refractivity contribution in [3.05, 3.63) is 35.4 Å². The van der Waals surface area contributed by atoms with E-state index in [0.29, 0.717) is 12.0 Å². The van der Waals surface area contributed by atoms with Gasteiger partial charge in [-0.1, -0.05) is 24.3 Å². The average molecular weight is 177 g/mol. The van der Waals surface area contributed by atoms with Crippen molar-refractivity contribution in [2.24, 2.45) is 5.73 Å². The maximum absolute atomic E-state index is 11.1. The summed E-state index contributed by atoms with van der Waals surface area (Å²) in [6.07, 6.45) is 1.12. The van der Waals surface area contributed by atoms with E-state index in [1.807, 2.05) is 12.1 Å². The minimum Gasteiger partial charge on any atom is -0.375 e. The lowest BCUT2D eigenvalue weighted by Crippen LogP contribution is -2.39. The Balaban J connectivity index is 2.55. The van der Waals surface area contributed by atoms with Crippen LogP contribution >= 0.6 is 0 Å². The minimum absolute atomic E-state index is 0.404. The first-order chi connectivity index (χ1) is 6.14. The van der Waals surface area contributed by atoms with Crippen molar-refractivity contribution >= 4 is 5.91 Å². The summed E-state index contributed by atoms with van der Waals surface area (Å²) in [5.41, 5.74) is 5.41. The van der Waals surface area contributed by atoms with Crippen molar-refractivity contribution in [2.45, 2.75) is 18.4 Å². The van der Waals surface area contributed by atoms with Crippen molar-refractivity contribution in [2.75, 3.05) is 0 Å².